The molecule has 2 rings (SSSR count). The summed E-state index contributed by atoms with van der Waals surface area (Å²) >= 11 is 0. The Hall–Kier alpha value is -2.15. The number of aromatic nitrogens is 1. The fraction of sp³-hybridized carbons (Fsp3) is 0.214. The van der Waals surface area contributed by atoms with E-state index in [1.807, 2.05) is 0 Å². The van der Waals surface area contributed by atoms with Crippen molar-refractivity contribution >= 4 is 0 Å². The minimum atomic E-state index is -4.55. The van der Waals surface area contributed by atoms with E-state index in [0.29, 0.717) is 0 Å². The second-order valence-corrected chi connectivity index (χ2v) is 4.33. The van der Waals surface area contributed by atoms with Crippen molar-refractivity contribution in [2.24, 2.45) is 5.73 Å². The number of halogens is 4. The largest absolute Gasteiger partial charge is 0.494 e. The first-order valence-corrected chi connectivity index (χ1v) is 5.94. The van der Waals surface area contributed by atoms with Crippen molar-refractivity contribution in [3.63, 3.8) is 0 Å². The molecule has 0 bridgehead atoms. The second-order valence-electron chi connectivity index (χ2n) is 4.33. The number of nitrogens with zero attached hydrogens (tertiary/aromatic N) is 1. The molecule has 0 aliphatic heterocycles. The molecule has 7 heteroatoms. The van der Waals surface area contributed by atoms with Crippen LogP contribution >= 0.6 is 0 Å². The highest BCUT2D eigenvalue weighted by molar-refractivity contribution is 5.39. The Morgan fingerprint density at radius 3 is 2.52 bits per heavy atom. The molecule has 2 aromatic rings. The van der Waals surface area contributed by atoms with E-state index in [9.17, 15) is 17.6 Å². The van der Waals surface area contributed by atoms with Crippen molar-refractivity contribution in [2.45, 2.75) is 12.2 Å². The summed E-state index contributed by atoms with van der Waals surface area (Å²) in [6.45, 7) is 0. The molecule has 0 fully saturated rings. The van der Waals surface area contributed by atoms with E-state index in [1.54, 1.807) is 0 Å². The predicted molar refractivity (Wildman–Crippen MR) is 68.2 cm³/mol. The summed E-state index contributed by atoms with van der Waals surface area (Å²) in [6.07, 6.45) is -2.48. The van der Waals surface area contributed by atoms with Crippen LogP contribution in [-0.4, -0.2) is 12.1 Å². The van der Waals surface area contributed by atoms with Crippen LogP contribution in [0.1, 0.15) is 22.7 Å². The summed E-state index contributed by atoms with van der Waals surface area (Å²) in [6, 6.07) is 3.48. The first kappa shape index (κ1) is 15.2. The van der Waals surface area contributed by atoms with Gasteiger partial charge in [0.2, 0.25) is 0 Å². The van der Waals surface area contributed by atoms with Gasteiger partial charge in [-0.1, -0.05) is 6.07 Å². The van der Waals surface area contributed by atoms with Gasteiger partial charge in [0.05, 0.1) is 18.7 Å². The molecular formula is C14H12F4N2O. The summed E-state index contributed by atoms with van der Waals surface area (Å²) in [5.41, 5.74) is 4.93. The first-order valence-electron chi connectivity index (χ1n) is 5.94. The van der Waals surface area contributed by atoms with E-state index < -0.39 is 23.6 Å². The van der Waals surface area contributed by atoms with Gasteiger partial charge in [0.1, 0.15) is 0 Å². The van der Waals surface area contributed by atoms with Crippen LogP contribution < -0.4 is 10.5 Å². The van der Waals surface area contributed by atoms with Crippen LogP contribution in [-0.2, 0) is 6.18 Å². The van der Waals surface area contributed by atoms with Gasteiger partial charge in [0.15, 0.2) is 11.6 Å². The predicted octanol–water partition coefficient (Wildman–Crippen LogP) is 3.30. The molecule has 0 saturated heterocycles. The van der Waals surface area contributed by atoms with Gasteiger partial charge in [-0.15, -0.1) is 0 Å². The minimum absolute atomic E-state index is 0.00631. The van der Waals surface area contributed by atoms with Crippen molar-refractivity contribution in [2.75, 3.05) is 7.11 Å². The van der Waals surface area contributed by atoms with Crippen molar-refractivity contribution in [3.05, 3.63) is 59.2 Å². The number of benzene rings is 1. The third kappa shape index (κ3) is 3.13. The van der Waals surface area contributed by atoms with E-state index in [1.165, 1.54) is 19.2 Å². The average Bonchev–Trinajstić information content (AvgIpc) is 2.45. The Morgan fingerprint density at radius 1 is 1.24 bits per heavy atom. The number of ether oxygens (including phenoxy) is 1. The molecule has 0 aliphatic rings. The molecule has 1 atom stereocenters. The molecule has 0 radical (unpaired) electrons. The van der Waals surface area contributed by atoms with Crippen LogP contribution in [0.2, 0.25) is 0 Å². The maximum Gasteiger partial charge on any atom is 0.416 e. The highest BCUT2D eigenvalue weighted by atomic mass is 19.4. The monoisotopic (exact) mass is 300 g/mol. The van der Waals surface area contributed by atoms with Gasteiger partial charge < -0.3 is 10.5 Å². The fourth-order valence-corrected chi connectivity index (χ4v) is 1.97. The van der Waals surface area contributed by atoms with Gasteiger partial charge in [-0.05, 0) is 23.8 Å². The number of alkyl halides is 3. The molecule has 1 aromatic heterocycles. The zero-order chi connectivity index (χ0) is 15.6. The number of rotatable bonds is 3. The minimum Gasteiger partial charge on any atom is -0.494 e. The summed E-state index contributed by atoms with van der Waals surface area (Å²) in [5.74, 6) is -0.698. The fourth-order valence-electron chi connectivity index (χ4n) is 1.97. The second kappa shape index (κ2) is 5.69. The summed E-state index contributed by atoms with van der Waals surface area (Å²) in [5, 5.41) is 0. The highest BCUT2D eigenvalue weighted by Crippen LogP contribution is 2.35. The maximum absolute atomic E-state index is 13.6. The Balaban J connectivity index is 2.45. The van der Waals surface area contributed by atoms with Crippen LogP contribution in [0.4, 0.5) is 17.6 Å². The van der Waals surface area contributed by atoms with Crippen LogP contribution in [0.15, 0.2) is 36.7 Å². The normalized spacial score (nSPS) is 13.0. The molecule has 1 heterocycles. The lowest BCUT2D eigenvalue weighted by Crippen LogP contribution is -2.19. The molecular weight excluding hydrogens is 288 g/mol. The summed E-state index contributed by atoms with van der Waals surface area (Å²) in [7, 11) is 1.29. The molecule has 1 aromatic carbocycles. The van der Waals surface area contributed by atoms with Gasteiger partial charge in [-0.25, -0.2) is 4.39 Å². The van der Waals surface area contributed by atoms with Gasteiger partial charge >= 0.3 is 6.18 Å². The zero-order valence-corrected chi connectivity index (χ0v) is 11.0. The van der Waals surface area contributed by atoms with E-state index in [4.69, 9.17) is 10.5 Å². The number of methoxy groups -OCH3 is 1. The van der Waals surface area contributed by atoms with Gasteiger partial charge in [0, 0.05) is 18.0 Å². The quantitative estimate of drug-likeness (QED) is 0.885. The van der Waals surface area contributed by atoms with Crippen molar-refractivity contribution in [3.8, 4) is 5.75 Å². The average molecular weight is 300 g/mol. The number of pyridine rings is 1. The SMILES string of the molecule is COc1ccc(C(N)c2cnccc2C(F)(F)F)cc1F. The Labute approximate surface area is 118 Å². The van der Waals surface area contributed by atoms with Crippen LogP contribution in [0, 0.1) is 5.82 Å². The number of hydrogen-bond donors (Lipinski definition) is 1. The lowest BCUT2D eigenvalue weighted by Gasteiger charge is -2.18. The van der Waals surface area contributed by atoms with Gasteiger partial charge in [-0.2, -0.15) is 13.2 Å². The topological polar surface area (TPSA) is 48.1 Å². The Morgan fingerprint density at radius 2 is 1.95 bits per heavy atom. The van der Waals surface area contributed by atoms with E-state index >= 15 is 0 Å². The molecule has 112 valence electrons. The summed E-state index contributed by atoms with van der Waals surface area (Å²) in [4.78, 5) is 3.66. The zero-order valence-electron chi connectivity index (χ0n) is 11.0. The standard InChI is InChI=1S/C14H12F4N2O/c1-21-12-3-2-8(6-11(12)15)13(19)9-7-20-5-4-10(9)14(16,17)18/h2-7,13H,19H2,1H3. The van der Waals surface area contributed by atoms with E-state index in [2.05, 4.69) is 4.98 Å². The molecule has 2 N–H and O–H groups in total. The third-order valence-electron chi connectivity index (χ3n) is 3.03. The van der Waals surface area contributed by atoms with Crippen molar-refractivity contribution < 1.29 is 22.3 Å². The lowest BCUT2D eigenvalue weighted by molar-refractivity contribution is -0.138. The van der Waals surface area contributed by atoms with Gasteiger partial charge in [0.25, 0.3) is 0 Å². The van der Waals surface area contributed by atoms with Crippen molar-refractivity contribution in [1.29, 1.82) is 0 Å². The molecule has 1 unspecified atom stereocenters. The molecule has 21 heavy (non-hydrogen) atoms. The molecule has 0 aliphatic carbocycles. The molecule has 0 amide bonds. The molecule has 0 spiro atoms. The molecule has 3 nitrogen and oxygen atoms in total. The highest BCUT2D eigenvalue weighted by Gasteiger charge is 2.35. The van der Waals surface area contributed by atoms with Crippen molar-refractivity contribution in [1.82, 2.24) is 4.98 Å². The Bertz CT molecular complexity index is 643. The van der Waals surface area contributed by atoms with Gasteiger partial charge in [-0.3, -0.25) is 4.98 Å². The maximum atomic E-state index is 13.6. The van der Waals surface area contributed by atoms with Crippen LogP contribution in [0.3, 0.4) is 0 Å². The van der Waals surface area contributed by atoms with E-state index in [0.717, 1.165) is 24.5 Å². The number of nitrogens with two attached hydrogens (primary N) is 1. The summed E-state index contributed by atoms with van der Waals surface area (Å²) < 4.78 is 57.2. The first-order chi connectivity index (χ1) is 9.84. The van der Waals surface area contributed by atoms with Crippen LogP contribution in [0.5, 0.6) is 5.75 Å². The Kier molecular flexibility index (Phi) is 4.13. The number of hydrogen-bond acceptors (Lipinski definition) is 3. The molecule has 0 saturated carbocycles. The third-order valence-corrected chi connectivity index (χ3v) is 3.03. The lowest BCUT2D eigenvalue weighted by atomic mass is 9.96. The van der Waals surface area contributed by atoms with Crippen LogP contribution in [0.25, 0.3) is 0 Å². The smallest absolute Gasteiger partial charge is 0.416 e. The van der Waals surface area contributed by atoms with E-state index in [-0.39, 0.29) is 16.9 Å².